The fourth-order valence-corrected chi connectivity index (χ4v) is 2.76. The Morgan fingerprint density at radius 2 is 1.95 bits per heavy atom. The molecule has 0 bridgehead atoms. The average Bonchev–Trinajstić information content (AvgIpc) is 2.73. The molecule has 1 rings (SSSR count). The summed E-state index contributed by atoms with van der Waals surface area (Å²) in [5.41, 5.74) is 0.496. The maximum absolute atomic E-state index is 12.0. The normalized spacial score (nSPS) is 12.5. The van der Waals surface area contributed by atoms with Crippen LogP contribution in [-0.4, -0.2) is 22.0 Å². The summed E-state index contributed by atoms with van der Waals surface area (Å²) in [5, 5.41) is 12.5. The number of nitrogens with zero attached hydrogens (tertiary/aromatic N) is 1. The molecular weight excluding hydrogens is 264 g/mol. The second-order valence-corrected chi connectivity index (χ2v) is 5.55. The molecular formula is C13H20N2O3S. The largest absolute Gasteiger partial charge is 0.477 e. The molecule has 0 saturated heterocycles. The Hall–Kier alpha value is -1.43. The van der Waals surface area contributed by atoms with Gasteiger partial charge in [0.1, 0.15) is 9.88 Å². The smallest absolute Gasteiger partial charge is 0.347 e. The second kappa shape index (κ2) is 6.65. The Bertz CT molecular complexity index is 466. The van der Waals surface area contributed by atoms with Crippen LogP contribution in [0.1, 0.15) is 60.0 Å². The van der Waals surface area contributed by atoms with Crippen molar-refractivity contribution in [1.82, 2.24) is 10.3 Å². The van der Waals surface area contributed by atoms with Gasteiger partial charge in [0.15, 0.2) is 0 Å². The molecule has 0 aliphatic carbocycles. The number of nitrogens with one attached hydrogen (secondary N) is 1. The first kappa shape index (κ1) is 15.6. The summed E-state index contributed by atoms with van der Waals surface area (Å²) in [4.78, 5) is 27.4. The number of thiazole rings is 1. The van der Waals surface area contributed by atoms with Gasteiger partial charge in [0, 0.05) is 5.92 Å². The van der Waals surface area contributed by atoms with Crippen LogP contribution < -0.4 is 5.32 Å². The van der Waals surface area contributed by atoms with E-state index in [1.54, 1.807) is 6.92 Å². The molecule has 6 heteroatoms. The summed E-state index contributed by atoms with van der Waals surface area (Å²) < 4.78 is 0. The first-order chi connectivity index (χ1) is 8.90. The summed E-state index contributed by atoms with van der Waals surface area (Å²) in [5.74, 6) is -0.968. The minimum Gasteiger partial charge on any atom is -0.477 e. The maximum Gasteiger partial charge on any atom is 0.347 e. The van der Waals surface area contributed by atoms with Crippen molar-refractivity contribution < 1.29 is 14.7 Å². The van der Waals surface area contributed by atoms with E-state index in [4.69, 9.17) is 5.11 Å². The molecule has 1 heterocycles. The van der Waals surface area contributed by atoms with Crippen molar-refractivity contribution in [2.75, 3.05) is 0 Å². The van der Waals surface area contributed by atoms with E-state index in [0.717, 1.165) is 24.2 Å². The summed E-state index contributed by atoms with van der Waals surface area (Å²) >= 11 is 1.12. The van der Waals surface area contributed by atoms with Gasteiger partial charge >= 0.3 is 5.97 Å². The molecule has 0 saturated carbocycles. The highest BCUT2D eigenvalue weighted by molar-refractivity contribution is 7.13. The van der Waals surface area contributed by atoms with Crippen molar-refractivity contribution in [3.8, 4) is 0 Å². The number of hydrogen-bond donors (Lipinski definition) is 2. The molecule has 0 radical (unpaired) electrons. The van der Waals surface area contributed by atoms with Crippen LogP contribution >= 0.6 is 11.3 Å². The van der Waals surface area contributed by atoms with E-state index >= 15 is 0 Å². The van der Waals surface area contributed by atoms with Gasteiger partial charge in [0.25, 0.3) is 0 Å². The van der Waals surface area contributed by atoms with Gasteiger partial charge in [-0.1, -0.05) is 13.8 Å². The molecule has 106 valence electrons. The van der Waals surface area contributed by atoms with Gasteiger partial charge in [-0.05, 0) is 26.7 Å². The molecule has 0 fully saturated rings. The first-order valence-corrected chi connectivity index (χ1v) is 7.23. The van der Waals surface area contributed by atoms with E-state index in [-0.39, 0.29) is 22.7 Å². The van der Waals surface area contributed by atoms with Gasteiger partial charge in [0.05, 0.1) is 11.7 Å². The van der Waals surface area contributed by atoms with E-state index in [0.29, 0.717) is 10.7 Å². The van der Waals surface area contributed by atoms with Gasteiger partial charge in [0.2, 0.25) is 5.91 Å². The van der Waals surface area contributed by atoms with E-state index < -0.39 is 5.97 Å². The van der Waals surface area contributed by atoms with E-state index in [9.17, 15) is 9.59 Å². The Balaban J connectivity index is 2.78. The fraction of sp³-hybridized carbons (Fsp3) is 0.615. The third kappa shape index (κ3) is 3.76. The van der Waals surface area contributed by atoms with Crippen LogP contribution in [0.15, 0.2) is 0 Å². The molecule has 1 aromatic rings. The minimum absolute atomic E-state index is 0.00206. The Labute approximate surface area is 117 Å². The van der Waals surface area contributed by atoms with Crippen molar-refractivity contribution in [2.24, 2.45) is 5.92 Å². The van der Waals surface area contributed by atoms with Gasteiger partial charge in [-0.2, -0.15) is 0 Å². The van der Waals surface area contributed by atoms with Crippen LogP contribution in [0.3, 0.4) is 0 Å². The van der Waals surface area contributed by atoms with E-state index in [1.165, 1.54) is 0 Å². The van der Waals surface area contributed by atoms with Crippen LogP contribution in [0.5, 0.6) is 0 Å². The second-order valence-electron chi connectivity index (χ2n) is 4.52. The Morgan fingerprint density at radius 1 is 1.37 bits per heavy atom. The molecule has 5 nitrogen and oxygen atoms in total. The fourth-order valence-electron chi connectivity index (χ4n) is 1.85. The highest BCUT2D eigenvalue weighted by Gasteiger charge is 2.21. The van der Waals surface area contributed by atoms with Crippen molar-refractivity contribution in [1.29, 1.82) is 0 Å². The number of carbonyl (C=O) groups excluding carboxylic acids is 1. The zero-order valence-corrected chi connectivity index (χ0v) is 12.5. The highest BCUT2D eigenvalue weighted by atomic mass is 32.1. The third-order valence-electron chi connectivity index (χ3n) is 3.09. The lowest BCUT2D eigenvalue weighted by Gasteiger charge is -2.16. The van der Waals surface area contributed by atoms with Crippen molar-refractivity contribution in [2.45, 2.75) is 46.6 Å². The van der Waals surface area contributed by atoms with Gasteiger partial charge in [-0.25, -0.2) is 9.78 Å². The summed E-state index contributed by atoms with van der Waals surface area (Å²) in [6.45, 7) is 7.45. The lowest BCUT2D eigenvalue weighted by molar-refractivity contribution is -0.125. The predicted molar refractivity (Wildman–Crippen MR) is 74.4 cm³/mol. The molecule has 1 atom stereocenters. The molecule has 1 amide bonds. The zero-order valence-electron chi connectivity index (χ0n) is 11.7. The molecule has 0 aliphatic heterocycles. The number of carboxylic acid groups (broad SMARTS) is 1. The SMILES string of the molecule is CCC(CC)C(=O)NC(C)c1nc(C)c(C(=O)O)s1. The highest BCUT2D eigenvalue weighted by Crippen LogP contribution is 2.24. The van der Waals surface area contributed by atoms with Crippen LogP contribution in [0.2, 0.25) is 0 Å². The van der Waals surface area contributed by atoms with Gasteiger partial charge < -0.3 is 10.4 Å². The van der Waals surface area contributed by atoms with Gasteiger partial charge in [-0.3, -0.25) is 4.79 Å². The molecule has 0 aromatic carbocycles. The predicted octanol–water partition coefficient (Wildman–Crippen LogP) is 2.76. The summed E-state index contributed by atoms with van der Waals surface area (Å²) in [7, 11) is 0. The quantitative estimate of drug-likeness (QED) is 0.842. The number of aromatic carboxylic acids is 1. The summed E-state index contributed by atoms with van der Waals surface area (Å²) in [6, 6.07) is -0.259. The average molecular weight is 284 g/mol. The number of carboxylic acids is 1. The van der Waals surface area contributed by atoms with Crippen LogP contribution in [0.25, 0.3) is 0 Å². The third-order valence-corrected chi connectivity index (χ3v) is 4.42. The Morgan fingerprint density at radius 3 is 2.37 bits per heavy atom. The number of aromatic nitrogens is 1. The van der Waals surface area contributed by atoms with Crippen molar-refractivity contribution in [3.05, 3.63) is 15.6 Å². The molecule has 19 heavy (non-hydrogen) atoms. The number of rotatable bonds is 6. The van der Waals surface area contributed by atoms with Crippen LogP contribution in [-0.2, 0) is 4.79 Å². The number of carbonyl (C=O) groups is 2. The topological polar surface area (TPSA) is 79.3 Å². The van der Waals surface area contributed by atoms with Crippen molar-refractivity contribution in [3.63, 3.8) is 0 Å². The monoisotopic (exact) mass is 284 g/mol. The lowest BCUT2D eigenvalue weighted by Crippen LogP contribution is -2.32. The van der Waals surface area contributed by atoms with Gasteiger partial charge in [-0.15, -0.1) is 11.3 Å². The van der Waals surface area contributed by atoms with Crippen molar-refractivity contribution >= 4 is 23.2 Å². The van der Waals surface area contributed by atoms with E-state index in [1.807, 2.05) is 20.8 Å². The van der Waals surface area contributed by atoms with Crippen LogP contribution in [0, 0.1) is 12.8 Å². The molecule has 0 aliphatic rings. The first-order valence-electron chi connectivity index (χ1n) is 6.41. The molecule has 2 N–H and O–H groups in total. The minimum atomic E-state index is -0.972. The lowest BCUT2D eigenvalue weighted by atomic mass is 10.0. The number of aryl methyl sites for hydroxylation is 1. The number of amides is 1. The number of hydrogen-bond acceptors (Lipinski definition) is 4. The summed E-state index contributed by atoms with van der Waals surface area (Å²) in [6.07, 6.45) is 1.60. The molecule has 0 spiro atoms. The molecule has 1 aromatic heterocycles. The zero-order chi connectivity index (χ0) is 14.6. The maximum atomic E-state index is 12.0. The Kier molecular flexibility index (Phi) is 5.47. The molecule has 1 unspecified atom stereocenters. The standard InChI is InChI=1S/C13H20N2O3S/c1-5-9(6-2)11(16)14-8(4)12-15-7(3)10(19-12)13(17)18/h8-9H,5-6H2,1-4H3,(H,14,16)(H,17,18). The van der Waals surface area contributed by atoms with Crippen LogP contribution in [0.4, 0.5) is 0 Å². The van der Waals surface area contributed by atoms with E-state index in [2.05, 4.69) is 10.3 Å².